The topological polar surface area (TPSA) is 67.9 Å². The lowest BCUT2D eigenvalue weighted by molar-refractivity contribution is -0.141. The molecule has 0 radical (unpaired) electrons. The molecule has 2 amide bonds. The van der Waals surface area contributed by atoms with Gasteiger partial charge in [0.2, 0.25) is 11.8 Å². The Bertz CT molecular complexity index is 1240. The number of rotatable bonds is 14. The van der Waals surface area contributed by atoms with E-state index in [-0.39, 0.29) is 24.8 Å². The fourth-order valence-electron chi connectivity index (χ4n) is 4.32. The fourth-order valence-corrected chi connectivity index (χ4v) is 4.79. The van der Waals surface area contributed by atoms with E-state index in [2.05, 4.69) is 12.2 Å². The quantitative estimate of drug-likeness (QED) is 0.225. The number of benzene rings is 3. The van der Waals surface area contributed by atoms with Crippen molar-refractivity contribution in [3.05, 3.63) is 93.5 Å². The third-order valence-electron chi connectivity index (χ3n) is 6.53. The predicted molar refractivity (Wildman–Crippen MR) is 157 cm³/mol. The van der Waals surface area contributed by atoms with Crippen molar-refractivity contribution >= 4 is 35.0 Å². The minimum Gasteiger partial charge on any atom is -0.493 e. The lowest BCUT2D eigenvalue weighted by Gasteiger charge is -2.32. The van der Waals surface area contributed by atoms with Gasteiger partial charge in [0.05, 0.1) is 14.2 Å². The Morgan fingerprint density at radius 3 is 2.33 bits per heavy atom. The summed E-state index contributed by atoms with van der Waals surface area (Å²) in [4.78, 5) is 29.0. The molecule has 39 heavy (non-hydrogen) atoms. The molecule has 0 saturated heterocycles. The normalized spacial score (nSPS) is 11.5. The van der Waals surface area contributed by atoms with Crippen molar-refractivity contribution in [3.63, 3.8) is 0 Å². The Labute approximate surface area is 241 Å². The first-order chi connectivity index (χ1) is 18.9. The zero-order valence-corrected chi connectivity index (χ0v) is 24.2. The molecule has 208 valence electrons. The second kappa shape index (κ2) is 15.4. The molecular formula is C31H36Cl2N2O4. The van der Waals surface area contributed by atoms with Gasteiger partial charge in [-0.05, 0) is 53.8 Å². The predicted octanol–water partition coefficient (Wildman–Crippen LogP) is 6.50. The summed E-state index contributed by atoms with van der Waals surface area (Å²) in [6, 6.07) is 19.8. The number of carbonyl (C=O) groups is 2. The monoisotopic (exact) mass is 570 g/mol. The molecular weight excluding hydrogens is 535 g/mol. The molecule has 0 fully saturated rings. The second-order valence-electron chi connectivity index (χ2n) is 9.30. The van der Waals surface area contributed by atoms with E-state index in [4.69, 9.17) is 32.7 Å². The van der Waals surface area contributed by atoms with Crippen LogP contribution < -0.4 is 14.8 Å². The van der Waals surface area contributed by atoms with Gasteiger partial charge in [0.1, 0.15) is 6.04 Å². The van der Waals surface area contributed by atoms with Crippen LogP contribution in [0.25, 0.3) is 0 Å². The number of ether oxygens (including phenoxy) is 2. The number of unbranched alkanes of at least 4 members (excludes halogenated alkanes) is 1. The highest BCUT2D eigenvalue weighted by molar-refractivity contribution is 6.35. The van der Waals surface area contributed by atoms with E-state index in [0.717, 1.165) is 29.5 Å². The van der Waals surface area contributed by atoms with Gasteiger partial charge >= 0.3 is 0 Å². The van der Waals surface area contributed by atoms with Gasteiger partial charge < -0.3 is 19.7 Å². The van der Waals surface area contributed by atoms with E-state index < -0.39 is 6.04 Å². The second-order valence-corrected chi connectivity index (χ2v) is 10.1. The molecule has 3 rings (SSSR count). The van der Waals surface area contributed by atoms with Crippen LogP contribution >= 0.6 is 23.2 Å². The Morgan fingerprint density at radius 2 is 1.67 bits per heavy atom. The molecule has 0 spiro atoms. The van der Waals surface area contributed by atoms with Gasteiger partial charge in [0.25, 0.3) is 0 Å². The van der Waals surface area contributed by atoms with Crippen molar-refractivity contribution < 1.29 is 19.1 Å². The van der Waals surface area contributed by atoms with Gasteiger partial charge in [-0.2, -0.15) is 0 Å². The number of carbonyl (C=O) groups excluding carboxylic acids is 2. The maximum Gasteiger partial charge on any atom is 0.243 e. The highest BCUT2D eigenvalue weighted by atomic mass is 35.5. The molecule has 3 aromatic rings. The van der Waals surface area contributed by atoms with E-state index in [9.17, 15) is 9.59 Å². The molecule has 0 bridgehead atoms. The molecule has 6 nitrogen and oxygen atoms in total. The van der Waals surface area contributed by atoms with Gasteiger partial charge in [0, 0.05) is 36.0 Å². The van der Waals surface area contributed by atoms with Crippen LogP contribution in [0.4, 0.5) is 0 Å². The van der Waals surface area contributed by atoms with Crippen LogP contribution in [-0.2, 0) is 29.0 Å². The van der Waals surface area contributed by atoms with Gasteiger partial charge in [-0.25, -0.2) is 0 Å². The number of nitrogens with zero attached hydrogens (tertiary/aromatic N) is 1. The van der Waals surface area contributed by atoms with Crippen molar-refractivity contribution in [2.24, 2.45) is 0 Å². The van der Waals surface area contributed by atoms with E-state index in [1.807, 2.05) is 48.5 Å². The van der Waals surface area contributed by atoms with Crippen LogP contribution in [0.3, 0.4) is 0 Å². The number of hydrogen-bond acceptors (Lipinski definition) is 4. The molecule has 0 aliphatic rings. The number of amides is 2. The van der Waals surface area contributed by atoms with Crippen LogP contribution in [0, 0.1) is 0 Å². The number of halogens is 2. The standard InChI is InChI=1S/C31H36Cl2N2O4/c1-4-5-17-34-31(37)27(18-22-9-7-6-8-10-22)35(21-24-13-14-25(32)20-26(24)33)30(36)16-12-23-11-15-28(38-2)29(19-23)39-3/h6-11,13-15,19-20,27H,4-5,12,16-18,21H2,1-3H3,(H,34,37)/t27-/m0/s1. The van der Waals surface area contributed by atoms with Gasteiger partial charge in [-0.15, -0.1) is 0 Å². The third kappa shape index (κ3) is 8.91. The average Bonchev–Trinajstić information content (AvgIpc) is 2.95. The lowest BCUT2D eigenvalue weighted by Crippen LogP contribution is -2.50. The van der Waals surface area contributed by atoms with E-state index in [1.165, 1.54) is 0 Å². The first-order valence-electron chi connectivity index (χ1n) is 13.1. The van der Waals surface area contributed by atoms with E-state index in [0.29, 0.717) is 40.9 Å². The first kappa shape index (κ1) is 30.3. The number of nitrogens with one attached hydrogen (secondary N) is 1. The number of aryl methyl sites for hydroxylation is 1. The summed E-state index contributed by atoms with van der Waals surface area (Å²) in [6.07, 6.45) is 2.87. The van der Waals surface area contributed by atoms with Crippen molar-refractivity contribution in [1.82, 2.24) is 10.2 Å². The third-order valence-corrected chi connectivity index (χ3v) is 7.12. The van der Waals surface area contributed by atoms with Crippen molar-refractivity contribution in [3.8, 4) is 11.5 Å². The van der Waals surface area contributed by atoms with Crippen LogP contribution in [0.5, 0.6) is 11.5 Å². The van der Waals surface area contributed by atoms with Gasteiger partial charge in [-0.3, -0.25) is 9.59 Å². The smallest absolute Gasteiger partial charge is 0.243 e. The van der Waals surface area contributed by atoms with Crippen LogP contribution in [0.2, 0.25) is 10.0 Å². The summed E-state index contributed by atoms with van der Waals surface area (Å²) in [5.41, 5.74) is 2.62. The number of methoxy groups -OCH3 is 2. The van der Waals surface area contributed by atoms with E-state index >= 15 is 0 Å². The molecule has 0 heterocycles. The molecule has 1 atom stereocenters. The summed E-state index contributed by atoms with van der Waals surface area (Å²) in [7, 11) is 3.16. The molecule has 8 heteroatoms. The lowest BCUT2D eigenvalue weighted by atomic mass is 10.0. The Kier molecular flexibility index (Phi) is 12.0. The summed E-state index contributed by atoms with van der Waals surface area (Å²) in [5.74, 6) is 0.891. The molecule has 0 aliphatic carbocycles. The minimum absolute atomic E-state index is 0.151. The van der Waals surface area contributed by atoms with Crippen molar-refractivity contribution in [1.29, 1.82) is 0 Å². The molecule has 3 aromatic carbocycles. The molecule has 0 aliphatic heterocycles. The average molecular weight is 572 g/mol. The van der Waals surface area contributed by atoms with Crippen LogP contribution in [0.1, 0.15) is 42.9 Å². The maximum absolute atomic E-state index is 13.9. The minimum atomic E-state index is -0.714. The van der Waals surface area contributed by atoms with Crippen LogP contribution in [-0.4, -0.2) is 43.5 Å². The molecule has 0 unspecified atom stereocenters. The Hall–Kier alpha value is -3.22. The number of hydrogen-bond donors (Lipinski definition) is 1. The van der Waals surface area contributed by atoms with Crippen molar-refractivity contribution in [2.75, 3.05) is 20.8 Å². The Balaban J connectivity index is 1.92. The summed E-state index contributed by atoms with van der Waals surface area (Å²) in [6.45, 7) is 2.80. The summed E-state index contributed by atoms with van der Waals surface area (Å²) in [5, 5.41) is 3.99. The fraction of sp³-hybridized carbons (Fsp3) is 0.355. The van der Waals surface area contributed by atoms with Crippen LogP contribution in [0.15, 0.2) is 66.7 Å². The zero-order chi connectivity index (χ0) is 28.2. The highest BCUT2D eigenvalue weighted by Crippen LogP contribution is 2.29. The molecule has 1 N–H and O–H groups in total. The van der Waals surface area contributed by atoms with E-state index in [1.54, 1.807) is 37.3 Å². The SMILES string of the molecule is CCCCNC(=O)[C@H](Cc1ccccc1)N(Cc1ccc(Cl)cc1Cl)C(=O)CCc1ccc(OC)c(OC)c1. The highest BCUT2D eigenvalue weighted by Gasteiger charge is 2.30. The van der Waals surface area contributed by atoms with Gasteiger partial charge in [0.15, 0.2) is 11.5 Å². The zero-order valence-electron chi connectivity index (χ0n) is 22.7. The first-order valence-corrected chi connectivity index (χ1v) is 13.9. The summed E-state index contributed by atoms with van der Waals surface area (Å²) < 4.78 is 10.7. The van der Waals surface area contributed by atoms with Crippen molar-refractivity contribution in [2.45, 2.75) is 51.6 Å². The maximum atomic E-state index is 13.9. The largest absolute Gasteiger partial charge is 0.493 e. The molecule has 0 aromatic heterocycles. The molecule has 0 saturated carbocycles. The van der Waals surface area contributed by atoms with Gasteiger partial charge in [-0.1, -0.05) is 79.0 Å². The Morgan fingerprint density at radius 1 is 0.923 bits per heavy atom. The summed E-state index contributed by atoms with van der Waals surface area (Å²) >= 11 is 12.6.